The lowest BCUT2D eigenvalue weighted by Gasteiger charge is -2.44. The zero-order valence-electron chi connectivity index (χ0n) is 18.3. The monoisotopic (exact) mass is 415 g/mol. The Morgan fingerprint density at radius 2 is 1.43 bits per heavy atom. The summed E-state index contributed by atoms with van der Waals surface area (Å²) in [5.74, 6) is 1.29. The SMILES string of the molecule is O=C(O)C[C@@H]1CC[C@@H](N(CC2CCCC2)CC2CCCC2)[C@H](c2ccc(F)cc2)C1. The Balaban J connectivity index is 1.56. The number of aliphatic carboxylic acids is 1. The number of rotatable bonds is 8. The van der Waals surface area contributed by atoms with Crippen molar-refractivity contribution in [3.05, 3.63) is 35.6 Å². The van der Waals surface area contributed by atoms with Crippen molar-refractivity contribution in [3.63, 3.8) is 0 Å². The minimum Gasteiger partial charge on any atom is -0.481 e. The second-order valence-electron chi connectivity index (χ2n) is 10.3. The predicted molar refractivity (Wildman–Crippen MR) is 118 cm³/mol. The van der Waals surface area contributed by atoms with Crippen molar-refractivity contribution >= 4 is 5.97 Å². The Kier molecular flexibility index (Phi) is 7.45. The van der Waals surface area contributed by atoms with Crippen LogP contribution in [0.5, 0.6) is 0 Å². The molecule has 1 aromatic rings. The van der Waals surface area contributed by atoms with Gasteiger partial charge in [-0.05, 0) is 86.3 Å². The maximum absolute atomic E-state index is 13.6. The molecule has 3 aliphatic rings. The lowest BCUT2D eigenvalue weighted by Crippen LogP contribution is -2.47. The Hall–Kier alpha value is -1.42. The first-order valence-electron chi connectivity index (χ1n) is 12.3. The maximum atomic E-state index is 13.6. The third-order valence-electron chi connectivity index (χ3n) is 8.09. The predicted octanol–water partition coefficient (Wildman–Crippen LogP) is 6.24. The maximum Gasteiger partial charge on any atom is 0.303 e. The summed E-state index contributed by atoms with van der Waals surface area (Å²) in [5, 5.41) is 9.35. The molecule has 166 valence electrons. The molecular weight excluding hydrogens is 377 g/mol. The molecule has 0 aromatic heterocycles. The number of nitrogens with zero attached hydrogens (tertiary/aromatic N) is 1. The van der Waals surface area contributed by atoms with Gasteiger partial charge in [-0.3, -0.25) is 9.69 Å². The first-order valence-corrected chi connectivity index (χ1v) is 12.3. The highest BCUT2D eigenvalue weighted by Crippen LogP contribution is 2.42. The molecule has 4 heteroatoms. The number of carbonyl (C=O) groups is 1. The highest BCUT2D eigenvalue weighted by atomic mass is 19.1. The number of halogens is 1. The van der Waals surface area contributed by atoms with Crippen LogP contribution in [-0.4, -0.2) is 35.1 Å². The van der Waals surface area contributed by atoms with Gasteiger partial charge in [-0.25, -0.2) is 4.39 Å². The summed E-state index contributed by atoms with van der Waals surface area (Å²) in [4.78, 5) is 14.2. The van der Waals surface area contributed by atoms with Crippen LogP contribution in [0.1, 0.15) is 88.5 Å². The van der Waals surface area contributed by atoms with Gasteiger partial charge < -0.3 is 5.11 Å². The Morgan fingerprint density at radius 3 is 1.97 bits per heavy atom. The summed E-state index contributed by atoms with van der Waals surface area (Å²) in [5.41, 5.74) is 1.19. The molecule has 0 saturated heterocycles. The molecule has 3 nitrogen and oxygen atoms in total. The van der Waals surface area contributed by atoms with E-state index in [1.54, 1.807) is 12.1 Å². The Bertz CT molecular complexity index is 661. The molecule has 1 N–H and O–H groups in total. The molecule has 0 amide bonds. The van der Waals surface area contributed by atoms with Gasteiger partial charge in [-0.1, -0.05) is 37.8 Å². The van der Waals surface area contributed by atoms with Gasteiger partial charge in [-0.15, -0.1) is 0 Å². The molecule has 0 radical (unpaired) electrons. The van der Waals surface area contributed by atoms with Gasteiger partial charge in [-0.2, -0.15) is 0 Å². The van der Waals surface area contributed by atoms with Gasteiger partial charge >= 0.3 is 5.97 Å². The summed E-state index contributed by atoms with van der Waals surface area (Å²) in [6, 6.07) is 7.50. The van der Waals surface area contributed by atoms with Crippen molar-refractivity contribution in [2.75, 3.05) is 13.1 Å². The fraction of sp³-hybridized carbons (Fsp3) is 0.731. The van der Waals surface area contributed by atoms with E-state index in [9.17, 15) is 14.3 Å². The van der Waals surface area contributed by atoms with E-state index < -0.39 is 5.97 Å². The summed E-state index contributed by atoms with van der Waals surface area (Å²) < 4.78 is 13.6. The molecular formula is C26H38FNO2. The standard InChI is InChI=1S/C26H38FNO2/c27-23-12-10-22(11-13-23)24-15-21(16-26(29)30)9-14-25(24)28(17-19-5-1-2-6-19)18-20-7-3-4-8-20/h10-13,19-21,24-25H,1-9,14-18H2,(H,29,30)/t21-,24+,25-/m1/s1. The molecule has 3 saturated carbocycles. The minimum absolute atomic E-state index is 0.193. The number of hydrogen-bond donors (Lipinski definition) is 1. The average molecular weight is 416 g/mol. The molecule has 4 rings (SSSR count). The highest BCUT2D eigenvalue weighted by molar-refractivity contribution is 5.67. The third-order valence-corrected chi connectivity index (χ3v) is 8.09. The summed E-state index contributed by atoms with van der Waals surface area (Å²) in [6.07, 6.45) is 14.2. The van der Waals surface area contributed by atoms with Crippen molar-refractivity contribution in [1.82, 2.24) is 4.90 Å². The van der Waals surface area contributed by atoms with Gasteiger partial charge in [0.25, 0.3) is 0 Å². The van der Waals surface area contributed by atoms with Gasteiger partial charge in [0.15, 0.2) is 0 Å². The van der Waals surface area contributed by atoms with Crippen molar-refractivity contribution in [1.29, 1.82) is 0 Å². The van der Waals surface area contributed by atoms with Crippen molar-refractivity contribution in [3.8, 4) is 0 Å². The second-order valence-corrected chi connectivity index (χ2v) is 10.3. The molecule has 0 heterocycles. The van der Waals surface area contributed by atoms with Crippen molar-refractivity contribution < 1.29 is 14.3 Å². The van der Waals surface area contributed by atoms with E-state index in [0.717, 1.165) is 31.1 Å². The van der Waals surface area contributed by atoms with Crippen LogP contribution in [0.4, 0.5) is 4.39 Å². The quantitative estimate of drug-likeness (QED) is 0.547. The molecule has 0 unspecified atom stereocenters. The van der Waals surface area contributed by atoms with Crippen LogP contribution < -0.4 is 0 Å². The lowest BCUT2D eigenvalue weighted by molar-refractivity contribution is -0.138. The average Bonchev–Trinajstić information content (AvgIpc) is 3.42. The fourth-order valence-corrected chi connectivity index (χ4v) is 6.57. The first-order chi connectivity index (χ1) is 14.6. The molecule has 0 spiro atoms. The summed E-state index contributed by atoms with van der Waals surface area (Å²) in [7, 11) is 0. The zero-order valence-corrected chi connectivity index (χ0v) is 18.3. The van der Waals surface area contributed by atoms with Crippen LogP contribution >= 0.6 is 0 Å². The van der Waals surface area contributed by atoms with Crippen LogP contribution in [0.2, 0.25) is 0 Å². The number of hydrogen-bond acceptors (Lipinski definition) is 2. The molecule has 3 atom stereocenters. The molecule has 0 bridgehead atoms. The van der Waals surface area contributed by atoms with Crippen LogP contribution in [0.3, 0.4) is 0 Å². The smallest absolute Gasteiger partial charge is 0.303 e. The Morgan fingerprint density at radius 1 is 0.867 bits per heavy atom. The van der Waals surface area contributed by atoms with E-state index in [2.05, 4.69) is 4.90 Å². The third kappa shape index (κ3) is 5.63. The van der Waals surface area contributed by atoms with E-state index in [0.29, 0.717) is 12.0 Å². The van der Waals surface area contributed by atoms with Crippen LogP contribution in [0.15, 0.2) is 24.3 Å². The second kappa shape index (κ2) is 10.3. The van der Waals surface area contributed by atoms with Crippen molar-refractivity contribution in [2.24, 2.45) is 17.8 Å². The van der Waals surface area contributed by atoms with Crippen LogP contribution in [0, 0.1) is 23.6 Å². The first kappa shape index (κ1) is 21.8. The van der Waals surface area contributed by atoms with Gasteiger partial charge in [0.05, 0.1) is 0 Å². The Labute approximate surface area is 181 Å². The van der Waals surface area contributed by atoms with Crippen LogP contribution in [0.25, 0.3) is 0 Å². The summed E-state index contributed by atoms with van der Waals surface area (Å²) >= 11 is 0. The highest BCUT2D eigenvalue weighted by Gasteiger charge is 2.37. The molecule has 1 aromatic carbocycles. The fourth-order valence-electron chi connectivity index (χ4n) is 6.57. The number of carboxylic acids is 1. The van der Waals surface area contributed by atoms with Crippen molar-refractivity contribution in [2.45, 2.75) is 89.0 Å². The minimum atomic E-state index is -0.690. The molecule has 3 aliphatic carbocycles. The van der Waals surface area contributed by atoms with Gasteiger partial charge in [0.2, 0.25) is 0 Å². The molecule has 30 heavy (non-hydrogen) atoms. The number of carboxylic acid groups (broad SMARTS) is 1. The molecule has 0 aliphatic heterocycles. The normalized spacial score (nSPS) is 28.4. The van der Waals surface area contributed by atoms with Gasteiger partial charge in [0.1, 0.15) is 5.82 Å². The lowest BCUT2D eigenvalue weighted by atomic mass is 9.72. The van der Waals surface area contributed by atoms with Crippen LogP contribution in [-0.2, 0) is 4.79 Å². The van der Waals surface area contributed by atoms with E-state index in [4.69, 9.17) is 0 Å². The topological polar surface area (TPSA) is 40.5 Å². The van der Waals surface area contributed by atoms with E-state index >= 15 is 0 Å². The summed E-state index contributed by atoms with van der Waals surface area (Å²) in [6.45, 7) is 2.39. The van der Waals surface area contributed by atoms with Gasteiger partial charge in [0, 0.05) is 25.6 Å². The molecule has 3 fully saturated rings. The number of benzene rings is 1. The zero-order chi connectivity index (χ0) is 20.9. The van der Waals surface area contributed by atoms with E-state index in [1.807, 2.05) is 12.1 Å². The van der Waals surface area contributed by atoms with E-state index in [-0.39, 0.29) is 18.2 Å². The van der Waals surface area contributed by atoms with E-state index in [1.165, 1.54) is 70.0 Å². The largest absolute Gasteiger partial charge is 0.481 e.